The van der Waals surface area contributed by atoms with Crippen LogP contribution in [-0.4, -0.2) is 5.91 Å². The quantitative estimate of drug-likeness (QED) is 0.828. The minimum Gasteiger partial charge on any atom is -0.323 e. The van der Waals surface area contributed by atoms with E-state index in [2.05, 4.69) is 11.4 Å². The van der Waals surface area contributed by atoms with Gasteiger partial charge in [-0.25, -0.2) is 8.78 Å². The second-order valence-corrected chi connectivity index (χ2v) is 6.18. The Balaban J connectivity index is 2.14. The van der Waals surface area contributed by atoms with Crippen molar-refractivity contribution < 1.29 is 13.6 Å². The van der Waals surface area contributed by atoms with Crippen LogP contribution in [0.2, 0.25) is 0 Å². The van der Waals surface area contributed by atoms with E-state index in [1.54, 1.807) is 0 Å². The summed E-state index contributed by atoms with van der Waals surface area (Å²) in [5, 5.41) is 2.49. The molecule has 1 aliphatic carbocycles. The van der Waals surface area contributed by atoms with Crippen LogP contribution in [0.25, 0.3) is 0 Å². The number of amides is 1. The summed E-state index contributed by atoms with van der Waals surface area (Å²) in [7, 11) is 0. The van der Waals surface area contributed by atoms with Gasteiger partial charge in [0.15, 0.2) is 0 Å². The van der Waals surface area contributed by atoms with E-state index in [1.165, 1.54) is 0 Å². The lowest BCUT2D eigenvalue weighted by atomic mass is 10.1. The lowest BCUT2D eigenvalue weighted by molar-refractivity contribution is -0.118. The number of allylic oxidation sites excluding steroid dienone is 2. The zero-order valence-corrected chi connectivity index (χ0v) is 12.1. The Labute approximate surface area is 117 Å². The Morgan fingerprint density at radius 1 is 1.30 bits per heavy atom. The van der Waals surface area contributed by atoms with Gasteiger partial charge < -0.3 is 5.32 Å². The molecule has 1 N–H and O–H groups in total. The van der Waals surface area contributed by atoms with Crippen LogP contribution in [0, 0.1) is 28.9 Å². The Hall–Kier alpha value is -1.71. The molecule has 0 saturated heterocycles. The topological polar surface area (TPSA) is 29.1 Å². The van der Waals surface area contributed by atoms with Gasteiger partial charge in [-0.2, -0.15) is 0 Å². The Morgan fingerprint density at radius 2 is 1.95 bits per heavy atom. The molecule has 2 nitrogen and oxygen atoms in total. The summed E-state index contributed by atoms with van der Waals surface area (Å²) in [6.07, 6.45) is 2.06. The average molecular weight is 279 g/mol. The summed E-state index contributed by atoms with van der Waals surface area (Å²) in [6, 6.07) is 3.03. The third kappa shape index (κ3) is 2.74. The number of halogens is 2. The summed E-state index contributed by atoms with van der Waals surface area (Å²) in [4.78, 5) is 12.2. The van der Waals surface area contributed by atoms with Gasteiger partial charge in [-0.1, -0.05) is 25.5 Å². The fourth-order valence-corrected chi connectivity index (χ4v) is 2.65. The molecular formula is C16H19F2NO. The van der Waals surface area contributed by atoms with Crippen LogP contribution < -0.4 is 5.32 Å². The molecule has 4 heteroatoms. The number of anilines is 1. The van der Waals surface area contributed by atoms with E-state index in [0.29, 0.717) is 0 Å². The van der Waals surface area contributed by atoms with Crippen molar-refractivity contribution >= 4 is 11.6 Å². The highest BCUT2D eigenvalue weighted by Gasteiger charge is 2.60. The van der Waals surface area contributed by atoms with Gasteiger partial charge >= 0.3 is 0 Å². The molecule has 1 saturated carbocycles. The van der Waals surface area contributed by atoms with Crippen LogP contribution in [-0.2, 0) is 4.79 Å². The molecule has 2 rings (SSSR count). The average Bonchev–Trinajstić information content (AvgIpc) is 2.84. The Morgan fingerprint density at radius 3 is 2.55 bits per heavy atom. The van der Waals surface area contributed by atoms with Crippen LogP contribution in [0.3, 0.4) is 0 Å². The van der Waals surface area contributed by atoms with Crippen molar-refractivity contribution in [2.24, 2.45) is 17.3 Å². The summed E-state index contributed by atoms with van der Waals surface area (Å²) >= 11 is 0. The van der Waals surface area contributed by atoms with E-state index >= 15 is 0 Å². The molecule has 0 aromatic heterocycles. The van der Waals surface area contributed by atoms with Gasteiger partial charge in [0.25, 0.3) is 0 Å². The Bertz CT molecular complexity index is 574. The fourth-order valence-electron chi connectivity index (χ4n) is 2.65. The van der Waals surface area contributed by atoms with Gasteiger partial charge in [-0.15, -0.1) is 0 Å². The molecule has 20 heavy (non-hydrogen) atoms. The van der Waals surface area contributed by atoms with E-state index in [9.17, 15) is 13.6 Å². The molecule has 108 valence electrons. The molecule has 0 bridgehead atoms. The molecule has 0 unspecified atom stereocenters. The first kappa shape index (κ1) is 14.7. The zero-order valence-electron chi connectivity index (χ0n) is 12.1. The van der Waals surface area contributed by atoms with Gasteiger partial charge in [0, 0.05) is 6.07 Å². The highest BCUT2D eigenvalue weighted by molar-refractivity contribution is 5.95. The summed E-state index contributed by atoms with van der Waals surface area (Å²) in [5.41, 5.74) is 0.898. The SMILES string of the molecule is CC(C)=C[C@@H]1[C@H](C(=O)Nc2cc(F)ccc2F)C1(C)C. The number of nitrogens with one attached hydrogen (secondary N) is 1. The smallest absolute Gasteiger partial charge is 0.228 e. The van der Waals surface area contributed by atoms with E-state index in [1.807, 2.05) is 27.7 Å². The van der Waals surface area contributed by atoms with Crippen molar-refractivity contribution in [3.63, 3.8) is 0 Å². The van der Waals surface area contributed by atoms with Crippen LogP contribution in [0.15, 0.2) is 29.8 Å². The maximum atomic E-state index is 13.5. The predicted molar refractivity (Wildman–Crippen MR) is 75.2 cm³/mol. The summed E-state index contributed by atoms with van der Waals surface area (Å²) in [5.74, 6) is -1.53. The van der Waals surface area contributed by atoms with Crippen molar-refractivity contribution in [3.05, 3.63) is 41.5 Å². The maximum Gasteiger partial charge on any atom is 0.228 e. The number of carbonyl (C=O) groups excluding carboxylic acids is 1. The monoisotopic (exact) mass is 279 g/mol. The highest BCUT2D eigenvalue weighted by Crippen LogP contribution is 2.59. The van der Waals surface area contributed by atoms with Crippen molar-refractivity contribution in [1.82, 2.24) is 0 Å². The van der Waals surface area contributed by atoms with E-state index < -0.39 is 11.6 Å². The van der Waals surface area contributed by atoms with Crippen molar-refractivity contribution in [2.75, 3.05) is 5.32 Å². The molecule has 0 aliphatic heterocycles. The molecule has 1 aromatic carbocycles. The van der Waals surface area contributed by atoms with Crippen LogP contribution in [0.1, 0.15) is 27.7 Å². The van der Waals surface area contributed by atoms with Crippen molar-refractivity contribution in [1.29, 1.82) is 0 Å². The maximum absolute atomic E-state index is 13.5. The second kappa shape index (κ2) is 5.00. The predicted octanol–water partition coefficient (Wildman–Crippen LogP) is 4.14. The van der Waals surface area contributed by atoms with Crippen molar-refractivity contribution in [2.45, 2.75) is 27.7 Å². The van der Waals surface area contributed by atoms with E-state index in [0.717, 1.165) is 23.8 Å². The minimum atomic E-state index is -0.628. The number of benzene rings is 1. The van der Waals surface area contributed by atoms with Crippen molar-refractivity contribution in [3.8, 4) is 0 Å². The second-order valence-electron chi connectivity index (χ2n) is 6.18. The zero-order chi connectivity index (χ0) is 15.1. The van der Waals surface area contributed by atoms with Crippen LogP contribution in [0.5, 0.6) is 0 Å². The standard InChI is InChI=1S/C16H19F2NO/c1-9(2)7-11-14(16(11,3)4)15(20)19-13-8-10(17)5-6-12(13)18/h5-8,11,14H,1-4H3,(H,19,20)/t11-,14-/m1/s1. The lowest BCUT2D eigenvalue weighted by Crippen LogP contribution is -2.17. The van der Waals surface area contributed by atoms with E-state index in [4.69, 9.17) is 0 Å². The normalized spacial score (nSPS) is 23.1. The number of rotatable bonds is 3. The molecule has 1 amide bonds. The highest BCUT2D eigenvalue weighted by atomic mass is 19.1. The van der Waals surface area contributed by atoms with Gasteiger partial charge in [0.05, 0.1) is 11.6 Å². The third-order valence-corrected chi connectivity index (χ3v) is 3.89. The minimum absolute atomic E-state index is 0.103. The largest absolute Gasteiger partial charge is 0.323 e. The lowest BCUT2D eigenvalue weighted by Gasteiger charge is -2.07. The van der Waals surface area contributed by atoms with Crippen LogP contribution in [0.4, 0.5) is 14.5 Å². The van der Waals surface area contributed by atoms with Gasteiger partial charge in [-0.05, 0) is 37.3 Å². The molecule has 1 aromatic rings. The first-order chi connectivity index (χ1) is 9.23. The molecular weight excluding hydrogens is 260 g/mol. The van der Waals surface area contributed by atoms with Gasteiger partial charge in [0.2, 0.25) is 5.91 Å². The molecule has 1 fully saturated rings. The molecule has 2 atom stereocenters. The molecule has 1 aliphatic rings. The number of hydrogen-bond acceptors (Lipinski definition) is 1. The first-order valence-corrected chi connectivity index (χ1v) is 6.64. The Kier molecular flexibility index (Phi) is 3.67. The van der Waals surface area contributed by atoms with Crippen LogP contribution >= 0.6 is 0 Å². The third-order valence-electron chi connectivity index (χ3n) is 3.89. The summed E-state index contributed by atoms with van der Waals surface area (Å²) in [6.45, 7) is 7.97. The molecule has 0 radical (unpaired) electrons. The van der Waals surface area contributed by atoms with Gasteiger partial charge in [0.1, 0.15) is 11.6 Å². The van der Waals surface area contributed by atoms with Gasteiger partial charge in [-0.3, -0.25) is 4.79 Å². The fraction of sp³-hybridized carbons (Fsp3) is 0.438. The number of carbonyl (C=O) groups is 1. The number of hydrogen-bond donors (Lipinski definition) is 1. The summed E-state index contributed by atoms with van der Waals surface area (Å²) < 4.78 is 26.6. The van der Waals surface area contributed by atoms with E-state index in [-0.39, 0.29) is 28.8 Å². The molecule has 0 spiro atoms. The first-order valence-electron chi connectivity index (χ1n) is 6.64. The molecule has 0 heterocycles.